The first-order chi connectivity index (χ1) is 13.3. The highest BCUT2D eigenvalue weighted by Crippen LogP contribution is 2.25. The molecule has 4 rings (SSSR count). The van der Waals surface area contributed by atoms with Gasteiger partial charge in [-0.25, -0.2) is 4.79 Å². The lowest BCUT2D eigenvalue weighted by molar-refractivity contribution is 0.227. The monoisotopic (exact) mass is 359 g/mol. The van der Waals surface area contributed by atoms with Crippen molar-refractivity contribution in [1.82, 2.24) is 10.2 Å². The van der Waals surface area contributed by atoms with E-state index in [-0.39, 0.29) is 12.1 Å². The van der Waals surface area contributed by atoms with Crippen molar-refractivity contribution in [2.45, 2.75) is 18.9 Å². The number of benzene rings is 3. The normalized spacial score (nSPS) is 15.6. The van der Waals surface area contributed by atoms with Crippen LogP contribution in [0.3, 0.4) is 0 Å². The third-order valence-corrected chi connectivity index (χ3v) is 5.26. The standard InChI is InChI=1S/C23H25N3O/c27-23(25-21-14-8-12-18-9-4-5-13-20(18)21)24-17-22(26-15-6-7-16-26)19-10-2-1-3-11-19/h1-5,8-14,22H,6-7,15-17H2,(H2,24,25,27). The fourth-order valence-corrected chi connectivity index (χ4v) is 3.88. The van der Waals surface area contributed by atoms with Gasteiger partial charge in [0, 0.05) is 11.9 Å². The fourth-order valence-electron chi connectivity index (χ4n) is 3.88. The highest BCUT2D eigenvalue weighted by atomic mass is 16.2. The third kappa shape index (κ3) is 4.12. The Morgan fingerprint density at radius 2 is 1.59 bits per heavy atom. The van der Waals surface area contributed by atoms with Crippen molar-refractivity contribution in [1.29, 1.82) is 0 Å². The number of fused-ring (bicyclic) bond motifs is 1. The number of urea groups is 1. The molecule has 2 amide bonds. The predicted molar refractivity (Wildman–Crippen MR) is 111 cm³/mol. The number of rotatable bonds is 5. The van der Waals surface area contributed by atoms with E-state index < -0.39 is 0 Å². The van der Waals surface area contributed by atoms with Crippen molar-refractivity contribution >= 4 is 22.5 Å². The average molecular weight is 359 g/mol. The summed E-state index contributed by atoms with van der Waals surface area (Å²) >= 11 is 0. The fraction of sp³-hybridized carbons (Fsp3) is 0.261. The Morgan fingerprint density at radius 3 is 2.41 bits per heavy atom. The van der Waals surface area contributed by atoms with Gasteiger partial charge in [0.2, 0.25) is 0 Å². The molecule has 138 valence electrons. The first kappa shape index (κ1) is 17.6. The second-order valence-corrected chi connectivity index (χ2v) is 7.03. The molecule has 4 heteroatoms. The van der Waals surface area contributed by atoms with Gasteiger partial charge in [-0.3, -0.25) is 4.90 Å². The molecule has 0 spiro atoms. The molecule has 1 saturated heterocycles. The van der Waals surface area contributed by atoms with Crippen molar-refractivity contribution in [3.8, 4) is 0 Å². The van der Waals surface area contributed by atoms with Crippen LogP contribution in [0.5, 0.6) is 0 Å². The third-order valence-electron chi connectivity index (χ3n) is 5.26. The molecule has 4 nitrogen and oxygen atoms in total. The van der Waals surface area contributed by atoms with Crippen LogP contribution in [0.15, 0.2) is 72.8 Å². The summed E-state index contributed by atoms with van der Waals surface area (Å²) in [6.45, 7) is 2.78. The van der Waals surface area contributed by atoms with Crippen molar-refractivity contribution in [2.75, 3.05) is 25.0 Å². The molecule has 0 bridgehead atoms. The lowest BCUT2D eigenvalue weighted by Gasteiger charge is -2.28. The first-order valence-electron chi connectivity index (χ1n) is 9.63. The molecule has 1 aliphatic heterocycles. The van der Waals surface area contributed by atoms with Crippen molar-refractivity contribution in [2.24, 2.45) is 0 Å². The molecular formula is C23H25N3O. The predicted octanol–water partition coefficient (Wildman–Crippen LogP) is 4.80. The number of hydrogen-bond acceptors (Lipinski definition) is 2. The van der Waals surface area contributed by atoms with Gasteiger partial charge < -0.3 is 10.6 Å². The number of nitrogens with zero attached hydrogens (tertiary/aromatic N) is 1. The summed E-state index contributed by atoms with van der Waals surface area (Å²) in [5, 5.41) is 8.26. The van der Waals surface area contributed by atoms with Gasteiger partial charge in [0.1, 0.15) is 0 Å². The Labute approximate surface area is 160 Å². The Kier molecular flexibility index (Phi) is 5.35. The molecule has 0 aliphatic carbocycles. The minimum absolute atomic E-state index is 0.161. The van der Waals surface area contributed by atoms with Gasteiger partial charge in [-0.05, 0) is 42.9 Å². The van der Waals surface area contributed by atoms with Crippen LogP contribution >= 0.6 is 0 Å². The zero-order chi connectivity index (χ0) is 18.5. The van der Waals surface area contributed by atoms with E-state index in [0.29, 0.717) is 6.54 Å². The van der Waals surface area contributed by atoms with E-state index in [1.807, 2.05) is 36.4 Å². The second-order valence-electron chi connectivity index (χ2n) is 7.03. The van der Waals surface area contributed by atoms with Crippen molar-refractivity contribution in [3.05, 3.63) is 78.4 Å². The highest BCUT2D eigenvalue weighted by Gasteiger charge is 2.23. The largest absolute Gasteiger partial charge is 0.336 e. The van der Waals surface area contributed by atoms with Crippen LogP contribution in [0.1, 0.15) is 24.4 Å². The SMILES string of the molecule is O=C(NCC(c1ccccc1)N1CCCC1)Nc1cccc2ccccc12. The summed E-state index contributed by atoms with van der Waals surface area (Å²) in [7, 11) is 0. The molecule has 1 fully saturated rings. The van der Waals surface area contributed by atoms with Gasteiger partial charge in [0.15, 0.2) is 0 Å². The van der Waals surface area contributed by atoms with E-state index >= 15 is 0 Å². The Bertz CT molecular complexity index is 898. The van der Waals surface area contributed by atoms with Crippen LogP contribution in [-0.4, -0.2) is 30.6 Å². The summed E-state index contributed by atoms with van der Waals surface area (Å²) in [6.07, 6.45) is 2.46. The molecule has 27 heavy (non-hydrogen) atoms. The Balaban J connectivity index is 1.45. The number of carbonyl (C=O) groups is 1. The Morgan fingerprint density at radius 1 is 0.889 bits per heavy atom. The van der Waals surface area contributed by atoms with Gasteiger partial charge in [-0.15, -0.1) is 0 Å². The first-order valence-corrected chi connectivity index (χ1v) is 9.63. The van der Waals surface area contributed by atoms with Gasteiger partial charge in [-0.1, -0.05) is 66.7 Å². The minimum Gasteiger partial charge on any atom is -0.336 e. The summed E-state index contributed by atoms with van der Waals surface area (Å²) in [5.74, 6) is 0. The number of hydrogen-bond donors (Lipinski definition) is 2. The molecule has 0 saturated carbocycles. The Hall–Kier alpha value is -2.85. The maximum absolute atomic E-state index is 12.6. The number of anilines is 1. The molecule has 1 unspecified atom stereocenters. The van der Waals surface area contributed by atoms with E-state index in [0.717, 1.165) is 29.5 Å². The topological polar surface area (TPSA) is 44.4 Å². The smallest absolute Gasteiger partial charge is 0.319 e. The summed E-state index contributed by atoms with van der Waals surface area (Å²) in [4.78, 5) is 15.0. The minimum atomic E-state index is -0.161. The van der Waals surface area contributed by atoms with Gasteiger partial charge >= 0.3 is 6.03 Å². The number of carbonyl (C=O) groups excluding carboxylic acids is 1. The maximum Gasteiger partial charge on any atom is 0.319 e. The van der Waals surface area contributed by atoms with Crippen LogP contribution in [0.2, 0.25) is 0 Å². The van der Waals surface area contributed by atoms with Crippen molar-refractivity contribution < 1.29 is 4.79 Å². The van der Waals surface area contributed by atoms with Crippen LogP contribution in [0, 0.1) is 0 Å². The summed E-state index contributed by atoms with van der Waals surface area (Å²) in [6, 6.07) is 24.5. The van der Waals surface area contributed by atoms with Crippen LogP contribution in [-0.2, 0) is 0 Å². The average Bonchev–Trinajstić information content (AvgIpc) is 3.24. The van der Waals surface area contributed by atoms with E-state index in [1.165, 1.54) is 18.4 Å². The second kappa shape index (κ2) is 8.23. The molecule has 0 radical (unpaired) electrons. The van der Waals surface area contributed by atoms with Gasteiger partial charge in [0.25, 0.3) is 0 Å². The number of amides is 2. The van der Waals surface area contributed by atoms with E-state index in [1.54, 1.807) is 0 Å². The molecular weight excluding hydrogens is 334 g/mol. The van der Waals surface area contributed by atoms with Crippen LogP contribution in [0.25, 0.3) is 10.8 Å². The zero-order valence-electron chi connectivity index (χ0n) is 15.4. The van der Waals surface area contributed by atoms with E-state index in [9.17, 15) is 4.79 Å². The number of nitrogens with one attached hydrogen (secondary N) is 2. The quantitative estimate of drug-likeness (QED) is 0.687. The molecule has 1 aliphatic rings. The molecule has 0 aromatic heterocycles. The highest BCUT2D eigenvalue weighted by molar-refractivity contribution is 6.01. The van der Waals surface area contributed by atoms with E-state index in [4.69, 9.17) is 0 Å². The van der Waals surface area contributed by atoms with Gasteiger partial charge in [0.05, 0.1) is 11.7 Å². The summed E-state index contributed by atoms with van der Waals surface area (Å²) in [5.41, 5.74) is 2.09. The van der Waals surface area contributed by atoms with Gasteiger partial charge in [-0.2, -0.15) is 0 Å². The zero-order valence-corrected chi connectivity index (χ0v) is 15.4. The molecule has 1 heterocycles. The van der Waals surface area contributed by atoms with E-state index in [2.05, 4.69) is 51.9 Å². The number of likely N-dealkylation sites (tertiary alicyclic amines) is 1. The summed E-state index contributed by atoms with van der Waals surface area (Å²) < 4.78 is 0. The molecule has 2 N–H and O–H groups in total. The molecule has 1 atom stereocenters. The lowest BCUT2D eigenvalue weighted by atomic mass is 10.1. The molecule has 3 aromatic carbocycles. The van der Waals surface area contributed by atoms with Crippen molar-refractivity contribution in [3.63, 3.8) is 0 Å². The maximum atomic E-state index is 12.6. The van der Waals surface area contributed by atoms with Crippen LogP contribution in [0.4, 0.5) is 10.5 Å². The van der Waals surface area contributed by atoms with Crippen LogP contribution < -0.4 is 10.6 Å². The lowest BCUT2D eigenvalue weighted by Crippen LogP contribution is -2.38. The molecule has 3 aromatic rings.